The number of nitrogens with one attached hydrogen (secondary N) is 1. The SMILES string of the molecule is CCNC(=O)N1CCN(CCCC(c2ccccc2)c2ccccc2)CC1. The van der Waals surface area contributed by atoms with E-state index in [2.05, 4.69) is 70.9 Å². The molecule has 3 rings (SSSR count). The standard InChI is InChI=1S/C23H31N3O/c1-2-24-23(27)26-18-16-25(17-19-26)15-9-14-22(20-10-5-3-6-11-20)21-12-7-4-8-13-21/h3-8,10-13,22H,2,9,14-19H2,1H3,(H,24,27). The van der Waals surface area contributed by atoms with Gasteiger partial charge < -0.3 is 10.2 Å². The van der Waals surface area contributed by atoms with Crippen molar-refractivity contribution in [2.75, 3.05) is 39.3 Å². The van der Waals surface area contributed by atoms with Crippen molar-refractivity contribution in [3.8, 4) is 0 Å². The van der Waals surface area contributed by atoms with Crippen LogP contribution in [0.15, 0.2) is 60.7 Å². The third-order valence-electron chi connectivity index (χ3n) is 5.36. The molecule has 0 saturated carbocycles. The fourth-order valence-corrected chi connectivity index (χ4v) is 3.85. The monoisotopic (exact) mass is 365 g/mol. The van der Waals surface area contributed by atoms with E-state index >= 15 is 0 Å². The molecule has 0 bridgehead atoms. The number of carbonyl (C=O) groups excluding carboxylic acids is 1. The molecule has 1 aliphatic heterocycles. The highest BCUT2D eigenvalue weighted by Crippen LogP contribution is 2.29. The minimum absolute atomic E-state index is 0.0744. The average Bonchev–Trinajstić information content (AvgIpc) is 2.73. The highest BCUT2D eigenvalue weighted by Gasteiger charge is 2.21. The van der Waals surface area contributed by atoms with Gasteiger partial charge in [0.15, 0.2) is 0 Å². The second kappa shape index (κ2) is 10.1. The van der Waals surface area contributed by atoms with Crippen LogP contribution in [-0.4, -0.2) is 55.1 Å². The first kappa shape index (κ1) is 19.4. The summed E-state index contributed by atoms with van der Waals surface area (Å²) in [5, 5.41) is 2.89. The Kier molecular flexibility index (Phi) is 7.28. The number of benzene rings is 2. The molecule has 27 heavy (non-hydrogen) atoms. The van der Waals surface area contributed by atoms with Crippen LogP contribution in [-0.2, 0) is 0 Å². The van der Waals surface area contributed by atoms with Crippen LogP contribution in [0, 0.1) is 0 Å². The summed E-state index contributed by atoms with van der Waals surface area (Å²) in [5.41, 5.74) is 2.79. The van der Waals surface area contributed by atoms with Crippen molar-refractivity contribution in [3.63, 3.8) is 0 Å². The van der Waals surface area contributed by atoms with Gasteiger partial charge in [-0.1, -0.05) is 60.7 Å². The zero-order valence-electron chi connectivity index (χ0n) is 16.3. The van der Waals surface area contributed by atoms with Crippen LogP contribution in [0.1, 0.15) is 36.8 Å². The largest absolute Gasteiger partial charge is 0.338 e. The molecule has 0 radical (unpaired) electrons. The van der Waals surface area contributed by atoms with Crippen molar-refractivity contribution in [1.82, 2.24) is 15.1 Å². The molecule has 0 aliphatic carbocycles. The first-order chi connectivity index (χ1) is 13.3. The normalized spacial score (nSPS) is 15.1. The van der Waals surface area contributed by atoms with E-state index in [0.29, 0.717) is 12.5 Å². The Morgan fingerprint density at radius 1 is 0.926 bits per heavy atom. The van der Waals surface area contributed by atoms with E-state index in [-0.39, 0.29) is 6.03 Å². The van der Waals surface area contributed by atoms with Crippen LogP contribution >= 0.6 is 0 Å². The summed E-state index contributed by atoms with van der Waals surface area (Å²) in [4.78, 5) is 16.3. The first-order valence-electron chi connectivity index (χ1n) is 10.1. The number of piperazine rings is 1. The fourth-order valence-electron chi connectivity index (χ4n) is 3.85. The third kappa shape index (κ3) is 5.57. The second-order valence-electron chi connectivity index (χ2n) is 7.18. The highest BCUT2D eigenvalue weighted by molar-refractivity contribution is 5.74. The maximum atomic E-state index is 11.9. The minimum Gasteiger partial charge on any atom is -0.338 e. The van der Waals surface area contributed by atoms with Crippen molar-refractivity contribution < 1.29 is 4.79 Å². The van der Waals surface area contributed by atoms with Crippen molar-refractivity contribution in [2.24, 2.45) is 0 Å². The van der Waals surface area contributed by atoms with Gasteiger partial charge >= 0.3 is 6.03 Å². The highest BCUT2D eigenvalue weighted by atomic mass is 16.2. The zero-order chi connectivity index (χ0) is 18.9. The van der Waals surface area contributed by atoms with Gasteiger partial charge in [0.25, 0.3) is 0 Å². The predicted octanol–water partition coefficient (Wildman–Crippen LogP) is 3.95. The van der Waals surface area contributed by atoms with Crippen molar-refractivity contribution in [3.05, 3.63) is 71.8 Å². The zero-order valence-corrected chi connectivity index (χ0v) is 16.3. The lowest BCUT2D eigenvalue weighted by Gasteiger charge is -2.34. The van der Waals surface area contributed by atoms with Gasteiger partial charge in [-0.15, -0.1) is 0 Å². The molecule has 2 amide bonds. The molecule has 0 atom stereocenters. The average molecular weight is 366 g/mol. The first-order valence-corrected chi connectivity index (χ1v) is 10.1. The molecule has 1 saturated heterocycles. The van der Waals surface area contributed by atoms with Crippen LogP contribution in [0.2, 0.25) is 0 Å². The number of amides is 2. The Morgan fingerprint density at radius 3 is 2.00 bits per heavy atom. The summed E-state index contributed by atoms with van der Waals surface area (Å²) >= 11 is 0. The van der Waals surface area contributed by atoms with Gasteiger partial charge in [-0.05, 0) is 37.4 Å². The Labute approximate surface area is 163 Å². The predicted molar refractivity (Wildman–Crippen MR) is 111 cm³/mol. The van der Waals surface area contributed by atoms with Crippen LogP contribution in [0.3, 0.4) is 0 Å². The van der Waals surface area contributed by atoms with E-state index in [9.17, 15) is 4.79 Å². The Hall–Kier alpha value is -2.33. The van der Waals surface area contributed by atoms with Crippen LogP contribution in [0.25, 0.3) is 0 Å². The van der Waals surface area contributed by atoms with Gasteiger partial charge in [0, 0.05) is 38.6 Å². The lowest BCUT2D eigenvalue weighted by atomic mass is 9.87. The molecule has 1 N–H and O–H groups in total. The van der Waals surface area contributed by atoms with E-state index in [1.807, 2.05) is 11.8 Å². The molecule has 144 valence electrons. The molecule has 2 aromatic carbocycles. The molecule has 1 fully saturated rings. The molecular weight excluding hydrogens is 334 g/mol. The van der Waals surface area contributed by atoms with Gasteiger partial charge in [0.05, 0.1) is 0 Å². The Morgan fingerprint density at radius 2 is 1.48 bits per heavy atom. The van der Waals surface area contributed by atoms with Crippen LogP contribution < -0.4 is 5.32 Å². The van der Waals surface area contributed by atoms with Gasteiger partial charge in [0.2, 0.25) is 0 Å². The molecule has 4 nitrogen and oxygen atoms in total. The van der Waals surface area contributed by atoms with E-state index in [0.717, 1.165) is 45.6 Å². The maximum Gasteiger partial charge on any atom is 0.317 e. The van der Waals surface area contributed by atoms with E-state index in [1.54, 1.807) is 0 Å². The topological polar surface area (TPSA) is 35.6 Å². The number of hydrogen-bond acceptors (Lipinski definition) is 2. The molecule has 0 aromatic heterocycles. The molecule has 1 aliphatic rings. The maximum absolute atomic E-state index is 11.9. The summed E-state index contributed by atoms with van der Waals surface area (Å²) in [6, 6.07) is 21.7. The Balaban J connectivity index is 1.51. The molecule has 0 unspecified atom stereocenters. The molecule has 1 heterocycles. The number of rotatable bonds is 7. The smallest absolute Gasteiger partial charge is 0.317 e. The molecule has 0 spiro atoms. The summed E-state index contributed by atoms with van der Waals surface area (Å²) in [6.45, 7) is 7.35. The lowest BCUT2D eigenvalue weighted by Crippen LogP contribution is -2.51. The summed E-state index contributed by atoms with van der Waals surface area (Å²) in [5.74, 6) is 0.448. The summed E-state index contributed by atoms with van der Waals surface area (Å²) in [7, 11) is 0. The number of hydrogen-bond donors (Lipinski definition) is 1. The van der Waals surface area contributed by atoms with E-state index < -0.39 is 0 Å². The summed E-state index contributed by atoms with van der Waals surface area (Å²) < 4.78 is 0. The number of urea groups is 1. The molecular formula is C23H31N3O. The van der Waals surface area contributed by atoms with Gasteiger partial charge in [-0.2, -0.15) is 0 Å². The van der Waals surface area contributed by atoms with Crippen molar-refractivity contribution >= 4 is 6.03 Å². The Bertz CT molecular complexity index is 642. The second-order valence-corrected chi connectivity index (χ2v) is 7.18. The fraction of sp³-hybridized carbons (Fsp3) is 0.435. The van der Waals surface area contributed by atoms with E-state index in [4.69, 9.17) is 0 Å². The quantitative estimate of drug-likeness (QED) is 0.806. The number of nitrogens with zero attached hydrogens (tertiary/aromatic N) is 2. The third-order valence-corrected chi connectivity index (χ3v) is 5.36. The van der Waals surface area contributed by atoms with Crippen molar-refractivity contribution in [2.45, 2.75) is 25.7 Å². The van der Waals surface area contributed by atoms with Crippen molar-refractivity contribution in [1.29, 1.82) is 0 Å². The van der Waals surface area contributed by atoms with E-state index in [1.165, 1.54) is 11.1 Å². The molecule has 2 aromatic rings. The minimum atomic E-state index is 0.0744. The van der Waals surface area contributed by atoms with Crippen LogP contribution in [0.4, 0.5) is 4.79 Å². The van der Waals surface area contributed by atoms with Gasteiger partial charge in [-0.25, -0.2) is 4.79 Å². The van der Waals surface area contributed by atoms with Gasteiger partial charge in [0.1, 0.15) is 0 Å². The number of carbonyl (C=O) groups is 1. The molecule has 4 heteroatoms. The van der Waals surface area contributed by atoms with Gasteiger partial charge in [-0.3, -0.25) is 4.90 Å². The van der Waals surface area contributed by atoms with Crippen LogP contribution in [0.5, 0.6) is 0 Å². The lowest BCUT2D eigenvalue weighted by molar-refractivity contribution is 0.138. The summed E-state index contributed by atoms with van der Waals surface area (Å²) in [6.07, 6.45) is 2.31.